The molecule has 1 saturated heterocycles. The van der Waals surface area contributed by atoms with Gasteiger partial charge in [0.25, 0.3) is 0 Å². The van der Waals surface area contributed by atoms with Crippen molar-refractivity contribution in [3.8, 4) is 24.0 Å². The number of benzene rings is 1. The minimum atomic E-state index is -1.59. The molecule has 4 rings (SSSR count). The fourth-order valence-electron chi connectivity index (χ4n) is 5.27. The van der Waals surface area contributed by atoms with E-state index in [0.717, 1.165) is 24.0 Å². The molecule has 0 amide bonds. The first-order valence-corrected chi connectivity index (χ1v) is 9.33. The number of ether oxygens (including phenoxy) is 1. The quantitative estimate of drug-likeness (QED) is 0.855. The van der Waals surface area contributed by atoms with Gasteiger partial charge in [-0.2, -0.15) is 15.8 Å². The van der Waals surface area contributed by atoms with Crippen molar-refractivity contribution in [1.82, 2.24) is 4.90 Å². The highest BCUT2D eigenvalue weighted by Gasteiger charge is 2.58. The topological polar surface area (TPSA) is 110 Å². The molecule has 2 bridgehead atoms. The van der Waals surface area contributed by atoms with E-state index in [9.17, 15) is 15.8 Å². The molecule has 6 nitrogen and oxygen atoms in total. The van der Waals surface area contributed by atoms with Crippen molar-refractivity contribution < 1.29 is 4.74 Å². The molecule has 3 aliphatic rings. The van der Waals surface area contributed by atoms with Crippen molar-refractivity contribution in [2.45, 2.75) is 30.8 Å². The Balaban J connectivity index is 2.01. The predicted octanol–water partition coefficient (Wildman–Crippen LogP) is 2.58. The summed E-state index contributed by atoms with van der Waals surface area (Å²) >= 11 is 0. The maximum atomic E-state index is 10.1. The molecule has 1 aromatic rings. The van der Waals surface area contributed by atoms with Gasteiger partial charge in [0.15, 0.2) is 5.41 Å². The number of hydrogen-bond donors (Lipinski definition) is 1. The smallest absolute Gasteiger partial charge is 0.191 e. The summed E-state index contributed by atoms with van der Waals surface area (Å²) in [4.78, 5) is 2.31. The molecule has 0 saturated carbocycles. The highest BCUT2D eigenvalue weighted by molar-refractivity contribution is 5.60. The van der Waals surface area contributed by atoms with Gasteiger partial charge in [0, 0.05) is 23.9 Å². The summed E-state index contributed by atoms with van der Waals surface area (Å²) in [6.07, 6.45) is 4.08. The van der Waals surface area contributed by atoms with Gasteiger partial charge in [-0.15, -0.1) is 0 Å². The molecule has 1 aromatic carbocycles. The molecule has 1 aliphatic carbocycles. The molecule has 0 unspecified atom stereocenters. The molecule has 28 heavy (non-hydrogen) atoms. The van der Waals surface area contributed by atoms with Gasteiger partial charge in [0.2, 0.25) is 0 Å². The van der Waals surface area contributed by atoms with Crippen LogP contribution in [0.1, 0.15) is 24.3 Å². The number of nitrogens with zero attached hydrogens (tertiary/aromatic N) is 4. The van der Waals surface area contributed by atoms with E-state index in [0.29, 0.717) is 11.3 Å². The van der Waals surface area contributed by atoms with Crippen LogP contribution in [0.5, 0.6) is 5.75 Å². The summed E-state index contributed by atoms with van der Waals surface area (Å²) in [5.41, 5.74) is 6.91. The third-order valence-electron chi connectivity index (χ3n) is 6.70. The van der Waals surface area contributed by atoms with E-state index < -0.39 is 11.3 Å². The third-order valence-corrected chi connectivity index (χ3v) is 6.70. The Morgan fingerprint density at radius 1 is 1.14 bits per heavy atom. The standard InChI is InChI=1S/C22H21N5O/c1-27-14-5-8-18(27)19-16(9-14)17(10-23)21(26)22(11-24,12-25)20(19)13-3-6-15(28-2)7-4-13/h3-4,6-7,9,14,18-20H,5,8,26H2,1-2H3/t14-,18+,19-,20+/m1/s1. The van der Waals surface area contributed by atoms with Gasteiger partial charge in [-0.05, 0) is 43.2 Å². The Bertz CT molecular complexity index is 987. The maximum Gasteiger partial charge on any atom is 0.191 e. The van der Waals surface area contributed by atoms with Crippen molar-refractivity contribution in [2.75, 3.05) is 14.2 Å². The summed E-state index contributed by atoms with van der Waals surface area (Å²) in [5.74, 6) is 0.111. The van der Waals surface area contributed by atoms with Crippen LogP contribution in [0.2, 0.25) is 0 Å². The van der Waals surface area contributed by atoms with Gasteiger partial charge in [-0.25, -0.2) is 0 Å². The Morgan fingerprint density at radius 3 is 2.39 bits per heavy atom. The van der Waals surface area contributed by atoms with Crippen LogP contribution in [0.15, 0.2) is 47.2 Å². The van der Waals surface area contributed by atoms with E-state index in [1.54, 1.807) is 7.11 Å². The molecule has 140 valence electrons. The zero-order chi connectivity index (χ0) is 20.1. The van der Waals surface area contributed by atoms with E-state index in [-0.39, 0.29) is 23.7 Å². The lowest BCUT2D eigenvalue weighted by Gasteiger charge is -2.48. The van der Waals surface area contributed by atoms with Crippen molar-refractivity contribution in [3.05, 3.63) is 52.7 Å². The molecule has 0 aromatic heterocycles. The van der Waals surface area contributed by atoms with Crippen LogP contribution < -0.4 is 10.5 Å². The van der Waals surface area contributed by atoms with Crippen LogP contribution in [0.4, 0.5) is 0 Å². The average molecular weight is 371 g/mol. The minimum absolute atomic E-state index is 0.0762. The minimum Gasteiger partial charge on any atom is -0.497 e. The highest BCUT2D eigenvalue weighted by atomic mass is 16.5. The molecule has 0 radical (unpaired) electrons. The second-order valence-corrected chi connectivity index (χ2v) is 7.71. The molecule has 6 heteroatoms. The highest BCUT2D eigenvalue weighted by Crippen LogP contribution is 2.58. The van der Waals surface area contributed by atoms with Gasteiger partial charge in [-0.1, -0.05) is 18.2 Å². The zero-order valence-corrected chi connectivity index (χ0v) is 15.9. The van der Waals surface area contributed by atoms with Crippen LogP contribution in [-0.2, 0) is 0 Å². The molecule has 0 spiro atoms. The Labute approximate surface area is 164 Å². The first-order valence-electron chi connectivity index (χ1n) is 9.33. The van der Waals surface area contributed by atoms with E-state index in [4.69, 9.17) is 10.5 Å². The SMILES string of the molecule is COc1ccc([C@H]2[C@@H]3C(=C[C@H]4CC[C@@H]3N4C)C(C#N)=C(N)C2(C#N)C#N)cc1. The van der Waals surface area contributed by atoms with Gasteiger partial charge in [-0.3, -0.25) is 4.90 Å². The molecule has 2 aliphatic heterocycles. The average Bonchev–Trinajstić information content (AvgIpc) is 2.96. The first kappa shape index (κ1) is 18.1. The normalized spacial score (nSPS) is 30.5. The summed E-state index contributed by atoms with van der Waals surface area (Å²) < 4.78 is 5.26. The Hall–Kier alpha value is -3.27. The molecular formula is C22H21N5O. The number of nitriles is 3. The number of allylic oxidation sites excluding steroid dienone is 2. The second-order valence-electron chi connectivity index (χ2n) is 7.71. The molecular weight excluding hydrogens is 350 g/mol. The number of hydrogen-bond acceptors (Lipinski definition) is 6. The largest absolute Gasteiger partial charge is 0.497 e. The number of fused-ring (bicyclic) bond motifs is 4. The second kappa shape index (κ2) is 6.41. The summed E-state index contributed by atoms with van der Waals surface area (Å²) in [5, 5.41) is 30.1. The molecule has 2 heterocycles. The van der Waals surface area contributed by atoms with Crippen molar-refractivity contribution >= 4 is 0 Å². The number of rotatable bonds is 2. The maximum absolute atomic E-state index is 10.1. The lowest BCUT2D eigenvalue weighted by Crippen LogP contribution is -2.51. The summed E-state index contributed by atoms with van der Waals surface area (Å²) in [6, 6.07) is 14.5. The van der Waals surface area contributed by atoms with Crippen LogP contribution in [0, 0.1) is 45.3 Å². The van der Waals surface area contributed by atoms with Gasteiger partial charge < -0.3 is 10.5 Å². The fourth-order valence-corrected chi connectivity index (χ4v) is 5.27. The fraction of sp³-hybridized carbons (Fsp3) is 0.409. The van der Waals surface area contributed by atoms with E-state index >= 15 is 0 Å². The van der Waals surface area contributed by atoms with Crippen molar-refractivity contribution in [3.63, 3.8) is 0 Å². The predicted molar refractivity (Wildman–Crippen MR) is 102 cm³/mol. The number of nitrogens with two attached hydrogens (primary N) is 1. The zero-order valence-electron chi connectivity index (χ0n) is 15.9. The monoisotopic (exact) mass is 371 g/mol. The van der Waals surface area contributed by atoms with Crippen LogP contribution in [0.3, 0.4) is 0 Å². The van der Waals surface area contributed by atoms with E-state index in [1.807, 2.05) is 24.3 Å². The van der Waals surface area contributed by atoms with E-state index in [1.165, 1.54) is 0 Å². The molecule has 4 atom stereocenters. The molecule has 2 N–H and O–H groups in total. The van der Waals surface area contributed by atoms with E-state index in [2.05, 4.69) is 36.2 Å². The van der Waals surface area contributed by atoms with Gasteiger partial charge >= 0.3 is 0 Å². The van der Waals surface area contributed by atoms with Gasteiger partial charge in [0.05, 0.1) is 30.5 Å². The first-order chi connectivity index (χ1) is 13.5. The van der Waals surface area contributed by atoms with Crippen LogP contribution >= 0.6 is 0 Å². The lowest BCUT2D eigenvalue weighted by molar-refractivity contribution is 0.160. The van der Waals surface area contributed by atoms with Crippen molar-refractivity contribution in [2.24, 2.45) is 17.1 Å². The lowest BCUT2D eigenvalue weighted by atomic mass is 9.56. The third kappa shape index (κ3) is 2.21. The summed E-state index contributed by atoms with van der Waals surface area (Å²) in [7, 11) is 3.68. The van der Waals surface area contributed by atoms with Gasteiger partial charge in [0.1, 0.15) is 11.8 Å². The Morgan fingerprint density at radius 2 is 1.82 bits per heavy atom. The Kier molecular flexibility index (Phi) is 4.15. The number of methoxy groups -OCH3 is 1. The number of likely N-dealkylation sites (N-methyl/N-ethyl adjacent to an activating group) is 1. The van der Waals surface area contributed by atoms with Crippen LogP contribution in [0.25, 0.3) is 0 Å². The van der Waals surface area contributed by atoms with Crippen molar-refractivity contribution in [1.29, 1.82) is 15.8 Å². The summed E-state index contributed by atoms with van der Waals surface area (Å²) in [6.45, 7) is 0. The van der Waals surface area contributed by atoms with Crippen LogP contribution in [-0.4, -0.2) is 31.1 Å². The molecule has 1 fully saturated rings.